The average molecular weight is 340 g/mol. The molecule has 1 rings (SSSR count). The summed E-state index contributed by atoms with van der Waals surface area (Å²) in [6, 6.07) is 5.88. The molecule has 0 spiro atoms. The lowest BCUT2D eigenvalue weighted by molar-refractivity contribution is -0.120. The molecule has 0 aliphatic carbocycles. The number of halogens is 2. The number of carbonyl (C=O) groups is 1. The van der Waals surface area contributed by atoms with E-state index in [4.69, 9.17) is 5.73 Å². The first kappa shape index (κ1) is 21.8. The monoisotopic (exact) mass is 339 g/mol. The van der Waals surface area contributed by atoms with Gasteiger partial charge in [-0.05, 0) is 24.6 Å². The third-order valence-corrected chi connectivity index (χ3v) is 3.49. The number of hydrogen-bond donors (Lipinski definition) is 2. The number of nitrogens with one attached hydrogen (secondary N) is 1. The average Bonchev–Trinajstić information content (AvgIpc) is 2.42. The van der Waals surface area contributed by atoms with E-state index < -0.39 is 0 Å². The first-order valence-electron chi connectivity index (χ1n) is 6.16. The zero-order valence-corrected chi connectivity index (χ0v) is 14.0. The number of pyridine rings is 1. The smallest absolute Gasteiger partial charge is 0.220 e. The molecule has 1 amide bonds. The van der Waals surface area contributed by atoms with Crippen molar-refractivity contribution in [1.82, 2.24) is 10.3 Å². The number of nitrogens with two attached hydrogens (primary N) is 1. The molecule has 1 aromatic heterocycles. The Bertz CT molecular complexity index is 355. The topological polar surface area (TPSA) is 68.0 Å². The normalized spacial score (nSPS) is 10.9. The van der Waals surface area contributed by atoms with E-state index in [1.807, 2.05) is 25.1 Å². The van der Waals surface area contributed by atoms with Gasteiger partial charge in [0.15, 0.2) is 0 Å². The standard InChI is InChI=1S/C13H21N3OS.2ClH/c1-11(8-14)9-16-13(17)5-7-18-10-12-4-2-3-6-15-12;;/h2-4,6,11H,5,7-10,14H2,1H3,(H,16,17);2*1H. The van der Waals surface area contributed by atoms with Gasteiger partial charge in [0, 0.05) is 30.7 Å². The minimum absolute atomic E-state index is 0. The van der Waals surface area contributed by atoms with Crippen LogP contribution in [-0.2, 0) is 10.5 Å². The molecule has 0 radical (unpaired) electrons. The lowest BCUT2D eigenvalue weighted by Gasteiger charge is -2.09. The maximum Gasteiger partial charge on any atom is 0.220 e. The molecule has 116 valence electrons. The largest absolute Gasteiger partial charge is 0.356 e. The van der Waals surface area contributed by atoms with Crippen molar-refractivity contribution in [2.75, 3.05) is 18.8 Å². The van der Waals surface area contributed by atoms with Gasteiger partial charge >= 0.3 is 0 Å². The highest BCUT2D eigenvalue weighted by atomic mass is 35.5. The Morgan fingerprint density at radius 3 is 2.80 bits per heavy atom. The van der Waals surface area contributed by atoms with Gasteiger partial charge in [-0.15, -0.1) is 24.8 Å². The lowest BCUT2D eigenvalue weighted by atomic mass is 10.2. The Balaban J connectivity index is 0. The van der Waals surface area contributed by atoms with Crippen LogP contribution in [0.15, 0.2) is 24.4 Å². The van der Waals surface area contributed by atoms with Gasteiger partial charge in [-0.2, -0.15) is 11.8 Å². The Hall–Kier alpha value is -0.490. The third kappa shape index (κ3) is 10.3. The number of rotatable bonds is 8. The molecular weight excluding hydrogens is 317 g/mol. The summed E-state index contributed by atoms with van der Waals surface area (Å²) in [5.41, 5.74) is 6.54. The minimum atomic E-state index is 0. The summed E-state index contributed by atoms with van der Waals surface area (Å²) in [5.74, 6) is 2.12. The van der Waals surface area contributed by atoms with Crippen molar-refractivity contribution in [2.45, 2.75) is 19.1 Å². The van der Waals surface area contributed by atoms with E-state index in [1.54, 1.807) is 18.0 Å². The fraction of sp³-hybridized carbons (Fsp3) is 0.538. The van der Waals surface area contributed by atoms with Crippen LogP contribution < -0.4 is 11.1 Å². The van der Waals surface area contributed by atoms with E-state index >= 15 is 0 Å². The second-order valence-electron chi connectivity index (χ2n) is 4.27. The van der Waals surface area contributed by atoms with Gasteiger partial charge in [0.2, 0.25) is 5.91 Å². The number of carbonyl (C=O) groups excluding carboxylic acids is 1. The van der Waals surface area contributed by atoms with Crippen LogP contribution >= 0.6 is 36.6 Å². The van der Waals surface area contributed by atoms with Crippen LogP contribution in [0.2, 0.25) is 0 Å². The van der Waals surface area contributed by atoms with Crippen molar-refractivity contribution in [3.8, 4) is 0 Å². The molecule has 1 heterocycles. The quantitative estimate of drug-likeness (QED) is 0.713. The van der Waals surface area contributed by atoms with Crippen LogP contribution in [0.25, 0.3) is 0 Å². The van der Waals surface area contributed by atoms with Gasteiger partial charge in [0.1, 0.15) is 0 Å². The number of amides is 1. The maximum absolute atomic E-state index is 11.5. The zero-order valence-electron chi connectivity index (χ0n) is 11.6. The second kappa shape index (κ2) is 13.5. The lowest BCUT2D eigenvalue weighted by Crippen LogP contribution is -2.31. The van der Waals surface area contributed by atoms with E-state index in [9.17, 15) is 4.79 Å². The van der Waals surface area contributed by atoms with Crippen LogP contribution in [0.3, 0.4) is 0 Å². The van der Waals surface area contributed by atoms with Gasteiger partial charge in [-0.3, -0.25) is 9.78 Å². The summed E-state index contributed by atoms with van der Waals surface area (Å²) in [6.45, 7) is 3.30. The highest BCUT2D eigenvalue weighted by Gasteiger charge is 2.04. The SMILES string of the molecule is CC(CN)CNC(=O)CCSCc1ccccn1.Cl.Cl. The number of nitrogens with zero attached hydrogens (tertiary/aromatic N) is 1. The summed E-state index contributed by atoms with van der Waals surface area (Å²) in [4.78, 5) is 15.7. The van der Waals surface area contributed by atoms with E-state index in [2.05, 4.69) is 10.3 Å². The Morgan fingerprint density at radius 2 is 2.20 bits per heavy atom. The van der Waals surface area contributed by atoms with Crippen LogP contribution in [0, 0.1) is 5.92 Å². The van der Waals surface area contributed by atoms with Crippen molar-refractivity contribution >= 4 is 42.5 Å². The summed E-state index contributed by atoms with van der Waals surface area (Å²) in [7, 11) is 0. The molecular formula is C13H23Cl2N3OS. The zero-order chi connectivity index (χ0) is 13.2. The van der Waals surface area contributed by atoms with Crippen molar-refractivity contribution in [2.24, 2.45) is 11.7 Å². The molecule has 1 unspecified atom stereocenters. The molecule has 0 saturated heterocycles. The Kier molecular flexibility index (Phi) is 14.7. The molecule has 1 aromatic rings. The van der Waals surface area contributed by atoms with E-state index in [1.165, 1.54) is 0 Å². The van der Waals surface area contributed by atoms with Crippen LogP contribution in [0.5, 0.6) is 0 Å². The summed E-state index contributed by atoms with van der Waals surface area (Å²) >= 11 is 1.73. The first-order valence-corrected chi connectivity index (χ1v) is 7.32. The van der Waals surface area contributed by atoms with Gasteiger partial charge in [-0.1, -0.05) is 13.0 Å². The molecule has 0 fully saturated rings. The van der Waals surface area contributed by atoms with Gasteiger partial charge in [-0.25, -0.2) is 0 Å². The van der Waals surface area contributed by atoms with Crippen molar-refractivity contribution in [3.63, 3.8) is 0 Å². The van der Waals surface area contributed by atoms with E-state index in [-0.39, 0.29) is 30.7 Å². The van der Waals surface area contributed by atoms with E-state index in [0.29, 0.717) is 25.4 Å². The van der Waals surface area contributed by atoms with Gasteiger partial charge in [0.05, 0.1) is 5.69 Å². The maximum atomic E-state index is 11.5. The van der Waals surface area contributed by atoms with Crippen molar-refractivity contribution in [3.05, 3.63) is 30.1 Å². The molecule has 0 aliphatic heterocycles. The van der Waals surface area contributed by atoms with Crippen molar-refractivity contribution in [1.29, 1.82) is 0 Å². The molecule has 4 nitrogen and oxygen atoms in total. The summed E-state index contributed by atoms with van der Waals surface area (Å²) in [6.07, 6.45) is 2.34. The van der Waals surface area contributed by atoms with Gasteiger partial charge in [0.25, 0.3) is 0 Å². The molecule has 20 heavy (non-hydrogen) atoms. The highest BCUT2D eigenvalue weighted by molar-refractivity contribution is 7.98. The fourth-order valence-electron chi connectivity index (χ4n) is 1.28. The summed E-state index contributed by atoms with van der Waals surface area (Å²) in [5, 5.41) is 2.88. The fourth-order valence-corrected chi connectivity index (χ4v) is 2.14. The predicted octanol–water partition coefficient (Wildman–Crippen LogP) is 2.26. The van der Waals surface area contributed by atoms with Crippen LogP contribution in [0.4, 0.5) is 0 Å². The van der Waals surface area contributed by atoms with Gasteiger partial charge < -0.3 is 11.1 Å². The summed E-state index contributed by atoms with van der Waals surface area (Å²) < 4.78 is 0. The molecule has 0 aliphatic rings. The van der Waals surface area contributed by atoms with Crippen molar-refractivity contribution < 1.29 is 4.79 Å². The molecule has 0 saturated carbocycles. The molecule has 7 heteroatoms. The Morgan fingerprint density at radius 1 is 1.45 bits per heavy atom. The second-order valence-corrected chi connectivity index (χ2v) is 5.37. The van der Waals surface area contributed by atoms with Crippen LogP contribution in [0.1, 0.15) is 19.0 Å². The molecule has 1 atom stereocenters. The predicted molar refractivity (Wildman–Crippen MR) is 90.7 cm³/mol. The third-order valence-electron chi connectivity index (χ3n) is 2.50. The van der Waals surface area contributed by atoms with E-state index in [0.717, 1.165) is 17.2 Å². The minimum Gasteiger partial charge on any atom is -0.356 e. The number of aromatic nitrogens is 1. The molecule has 0 bridgehead atoms. The molecule has 0 aromatic carbocycles. The number of hydrogen-bond acceptors (Lipinski definition) is 4. The first-order chi connectivity index (χ1) is 8.72. The Labute approximate surface area is 137 Å². The highest BCUT2D eigenvalue weighted by Crippen LogP contribution is 2.10. The number of thioether (sulfide) groups is 1. The molecule has 3 N–H and O–H groups in total. The van der Waals surface area contributed by atoms with Crippen LogP contribution in [-0.4, -0.2) is 29.7 Å².